The molecule has 0 spiro atoms. The first-order valence-electron chi connectivity index (χ1n) is 28.6. The standard InChI is InChI=1S/C56H68N12O21S2.Na/c1-25-22-67-44(45(25)75)52(82)58-21-32(70)18-34(59-48(78)28-5-3-27(4-6-28)35-24-68-56(60-35)90-53(64-68)29-7-10-31(11-8-29)65-13-15-86-16-14-65)49(79)61-41(26(2)69)54(83)66-23-33(71)19-36(66)50(80)63-43(51(81)62-42(55(67)84)38(73)20-40(57)74)47(77)46(76)30-9-12-37(72)39(17-30)87-91-89-88-85;/h3-12,17,24-26,32-34,36,38,41-47,69-73,75-77,85H,13-16,18-23H2,1-2H3,(H2,57,74)(H,58,82)(H,59,78)(H,61,79)(H,62,81)(H,63,80);/q;+1/p-1/t25?,26?,32?,33?,34-,36?,38?,41?,42?,43?,44?,45?,46?,47?;/m0./s1. The smallest absolute Gasteiger partial charge is 0.691 e. The van der Waals surface area contributed by atoms with Gasteiger partial charge in [-0.25, -0.2) is 9.50 Å². The summed E-state index contributed by atoms with van der Waals surface area (Å²) in [6, 6.07) is 4.63. The van der Waals surface area contributed by atoms with Crippen LogP contribution in [-0.2, 0) is 47.7 Å². The Morgan fingerprint density at radius 3 is 2.16 bits per heavy atom. The number of nitrogens with one attached hydrogen (secondary N) is 5. The first kappa shape index (κ1) is 70.7. The van der Waals surface area contributed by atoms with Gasteiger partial charge in [0.15, 0.2) is 11.5 Å². The minimum Gasteiger partial charge on any atom is -0.691 e. The Kier molecular flexibility index (Phi) is 24.0. The van der Waals surface area contributed by atoms with Crippen molar-refractivity contribution in [1.29, 1.82) is 0 Å². The summed E-state index contributed by atoms with van der Waals surface area (Å²) in [6.45, 7) is 3.57. The van der Waals surface area contributed by atoms with E-state index in [0.717, 1.165) is 64.3 Å². The largest absolute Gasteiger partial charge is 1.00 e. The number of nitrogens with two attached hydrogens (primary N) is 1. The molecule has 33 nitrogen and oxygen atoms in total. The van der Waals surface area contributed by atoms with Gasteiger partial charge in [-0.05, 0) is 61.0 Å². The maximum absolute atomic E-state index is 14.7. The molecule has 36 heteroatoms. The molecule has 15 N–H and O–H groups in total. The average molecular weight is 1330 g/mol. The molecule has 490 valence electrons. The number of anilines is 1. The van der Waals surface area contributed by atoms with Crippen LogP contribution >= 0.6 is 23.7 Å². The van der Waals surface area contributed by atoms with E-state index in [4.69, 9.17) is 24.7 Å². The number of aliphatic hydroxyl groups excluding tert-OH is 7. The minimum atomic E-state index is -2.54. The molecule has 0 radical (unpaired) electrons. The molecule has 3 aromatic carbocycles. The van der Waals surface area contributed by atoms with Crippen LogP contribution in [0.1, 0.15) is 55.1 Å². The molecule has 4 fully saturated rings. The molecule has 8 amide bonds. The summed E-state index contributed by atoms with van der Waals surface area (Å²) >= 11 is 1.28. The number of phenols is 1. The Bertz CT molecular complexity index is 3440. The molecule has 13 unspecified atom stereocenters. The third-order valence-electron chi connectivity index (χ3n) is 15.9. The summed E-state index contributed by atoms with van der Waals surface area (Å²) in [5.74, 6) is -12.0. The van der Waals surface area contributed by atoms with Gasteiger partial charge in [-0.15, -0.1) is 4.33 Å². The Hall–Kier alpha value is -7.17. The van der Waals surface area contributed by atoms with Gasteiger partial charge >= 0.3 is 29.6 Å². The molecule has 14 atom stereocenters. The van der Waals surface area contributed by atoms with Crippen LogP contribution < -0.4 is 76.2 Å². The number of imidazole rings is 1. The van der Waals surface area contributed by atoms with E-state index in [1.54, 1.807) is 22.8 Å². The third-order valence-corrected chi connectivity index (χ3v) is 17.2. The monoisotopic (exact) mass is 1330 g/mol. The van der Waals surface area contributed by atoms with E-state index in [1.807, 2.05) is 24.3 Å². The molecule has 0 aliphatic carbocycles. The Morgan fingerprint density at radius 2 is 1.50 bits per heavy atom. The van der Waals surface area contributed by atoms with E-state index in [9.17, 15) is 84.5 Å². The molecule has 4 aliphatic heterocycles. The number of fused-ring (bicyclic) bond motifs is 3. The molecule has 92 heavy (non-hydrogen) atoms. The van der Waals surface area contributed by atoms with Crippen molar-refractivity contribution in [2.24, 2.45) is 11.7 Å². The van der Waals surface area contributed by atoms with Crippen LogP contribution in [0.15, 0.2) is 72.9 Å². The normalized spacial score (nSPS) is 26.0. The van der Waals surface area contributed by atoms with Gasteiger partial charge in [0.25, 0.3) is 18.2 Å². The summed E-state index contributed by atoms with van der Waals surface area (Å²) < 4.78 is 16.2. The van der Waals surface area contributed by atoms with Gasteiger partial charge < -0.3 is 102 Å². The predicted octanol–water partition coefficient (Wildman–Crippen LogP) is -7.85. The van der Waals surface area contributed by atoms with E-state index in [-0.39, 0.29) is 53.0 Å². The number of primary amides is 1. The Balaban J connectivity index is 0.0000109. The molecule has 5 aromatic rings. The zero-order valence-electron chi connectivity index (χ0n) is 49.5. The van der Waals surface area contributed by atoms with Gasteiger partial charge in [-0.1, -0.05) is 36.5 Å². The predicted molar refractivity (Wildman–Crippen MR) is 313 cm³/mol. The summed E-state index contributed by atoms with van der Waals surface area (Å²) in [5.41, 5.74) is 8.07. The van der Waals surface area contributed by atoms with Crippen LogP contribution in [0.2, 0.25) is 0 Å². The van der Waals surface area contributed by atoms with Crippen molar-refractivity contribution in [1.82, 2.24) is 51.0 Å². The van der Waals surface area contributed by atoms with Crippen molar-refractivity contribution >= 4 is 81.6 Å². The number of aromatic nitrogens is 3. The van der Waals surface area contributed by atoms with Crippen LogP contribution in [-0.4, -0.2) is 231 Å². The molecule has 4 aliphatic rings. The number of aromatic hydroxyl groups is 1. The summed E-state index contributed by atoms with van der Waals surface area (Å²) in [6.07, 6.45) is -14.5. The van der Waals surface area contributed by atoms with Crippen molar-refractivity contribution < 1.29 is 132 Å². The first-order valence-corrected chi connectivity index (χ1v) is 30.1. The second kappa shape index (κ2) is 31.2. The number of rotatable bonds is 16. The topological polar surface area (TPSA) is 484 Å². The van der Waals surface area contributed by atoms with E-state index >= 15 is 0 Å². The molecular weight excluding hydrogens is 1260 g/mol. The van der Waals surface area contributed by atoms with Crippen LogP contribution in [0, 0.1) is 5.92 Å². The first-order chi connectivity index (χ1) is 43.4. The second-order valence-electron chi connectivity index (χ2n) is 22.3. The quantitative estimate of drug-likeness (QED) is 0.0143. The number of carbonyl (C=O) groups is 8. The number of hydrogen-bond donors (Lipinski definition) is 14. The fourth-order valence-corrected chi connectivity index (χ4v) is 12.2. The van der Waals surface area contributed by atoms with E-state index in [1.165, 1.54) is 30.4 Å². The van der Waals surface area contributed by atoms with E-state index < -0.39 is 183 Å². The number of morpholine rings is 1. The molecule has 0 bridgehead atoms. The van der Waals surface area contributed by atoms with Crippen LogP contribution in [0.4, 0.5) is 5.69 Å². The second-order valence-corrected chi connectivity index (χ2v) is 23.7. The van der Waals surface area contributed by atoms with Gasteiger partial charge in [0, 0.05) is 73.9 Å². The van der Waals surface area contributed by atoms with Crippen molar-refractivity contribution in [2.75, 3.05) is 50.8 Å². The maximum atomic E-state index is 14.7. The molecule has 0 saturated carbocycles. The number of nitrogens with zero attached hydrogens (tertiary/aromatic N) is 6. The Labute approximate surface area is 553 Å². The van der Waals surface area contributed by atoms with Gasteiger partial charge in [0.2, 0.25) is 46.3 Å². The van der Waals surface area contributed by atoms with E-state index in [2.05, 4.69) is 40.9 Å². The number of phenolic OH excluding ortho intramolecular Hbond substituents is 1. The number of hydrogen-bond acceptors (Lipinski definition) is 26. The summed E-state index contributed by atoms with van der Waals surface area (Å²) in [4.78, 5) is 123. The fourth-order valence-electron chi connectivity index (χ4n) is 11.1. The fraction of sp³-hybridized carbons (Fsp3) is 0.464. The average Bonchev–Trinajstić information content (AvgIpc) is 1.66. The SMILES string of the molecule is CC(O)C1NC(=O)[C@@H](NC(=O)c2ccc(-c3cn4nc(-c5ccc(N6CCOCC6)cc5)sc4n3)cc2)CC(O)CNC(=O)C2C(O)C(C)CN2C(=O)C(C(O)CC(N)=O)NC(=O)C(C(O)C(O)c2ccc(O)c(OSOO[O-])c2)NC(=O)C2CC(O)CN2C1=O.[Na+]. The van der Waals surface area contributed by atoms with Crippen LogP contribution in [0.25, 0.3) is 26.8 Å². The summed E-state index contributed by atoms with van der Waals surface area (Å²) in [5, 5.41) is 121. The zero-order valence-corrected chi connectivity index (χ0v) is 53.2. The number of ether oxygens (including phenoxy) is 1. The number of aliphatic hydroxyl groups is 7. The van der Waals surface area contributed by atoms with Crippen LogP contribution in [0.3, 0.4) is 0 Å². The molecule has 2 aromatic heterocycles. The summed E-state index contributed by atoms with van der Waals surface area (Å²) in [7, 11) is 0. The van der Waals surface area contributed by atoms with Crippen LogP contribution in [0.5, 0.6) is 11.5 Å². The van der Waals surface area contributed by atoms with Crippen molar-refractivity contribution in [3.63, 3.8) is 0 Å². The van der Waals surface area contributed by atoms with Gasteiger partial charge in [-0.2, -0.15) is 5.10 Å². The molecule has 9 rings (SSSR count). The number of benzene rings is 3. The van der Waals surface area contributed by atoms with Crippen molar-refractivity contribution in [2.45, 2.75) is 112 Å². The minimum absolute atomic E-state index is 0. The molecule has 6 heterocycles. The molecule has 4 saturated heterocycles. The Morgan fingerprint density at radius 1 is 0.837 bits per heavy atom. The third kappa shape index (κ3) is 16.4. The molecular formula is C56H67N12NaO21S2. The van der Waals surface area contributed by atoms with E-state index in [0.29, 0.717) is 29.4 Å². The van der Waals surface area contributed by atoms with Crippen molar-refractivity contribution in [3.05, 3.63) is 84.1 Å². The van der Waals surface area contributed by atoms with Crippen molar-refractivity contribution in [3.8, 4) is 33.3 Å². The van der Waals surface area contributed by atoms with Gasteiger partial charge in [0.05, 0.1) is 62.0 Å². The zero-order chi connectivity index (χ0) is 65.5. The maximum Gasteiger partial charge on any atom is 1.00 e. The number of amides is 8. The number of carbonyl (C=O) groups excluding carboxylic acids is 8. The van der Waals surface area contributed by atoms with Gasteiger partial charge in [0.1, 0.15) is 53.5 Å². The number of β-amino-alcohol motifs (C(OH)–C–C–N with tert-alkyl or cyclic N) is 1. The van der Waals surface area contributed by atoms with Gasteiger partial charge in [-0.3, -0.25) is 43.4 Å².